The van der Waals surface area contributed by atoms with Crippen molar-refractivity contribution in [3.63, 3.8) is 0 Å². The molecule has 0 aliphatic carbocycles. The Morgan fingerprint density at radius 1 is 1.53 bits per heavy atom. The van der Waals surface area contributed by atoms with Crippen molar-refractivity contribution < 1.29 is 14.7 Å². The number of fused-ring (bicyclic) bond motifs is 1. The van der Waals surface area contributed by atoms with Crippen molar-refractivity contribution in [2.45, 2.75) is 12.8 Å². The molecule has 2 rings (SSSR count). The molecule has 0 saturated heterocycles. The molecule has 1 aromatic rings. The van der Waals surface area contributed by atoms with Gasteiger partial charge in [0.25, 0.3) is 0 Å². The third-order valence-corrected chi connectivity index (χ3v) is 3.06. The number of carbonyl (C=O) groups is 1. The molecule has 1 unspecified atom stereocenters. The van der Waals surface area contributed by atoms with Crippen LogP contribution >= 0.6 is 0 Å². The van der Waals surface area contributed by atoms with Gasteiger partial charge in [0.1, 0.15) is 18.2 Å². The lowest BCUT2D eigenvalue weighted by atomic mass is 9.96. The quantitative estimate of drug-likeness (QED) is 0.319. The van der Waals surface area contributed by atoms with Crippen LogP contribution in [0.3, 0.4) is 0 Å². The van der Waals surface area contributed by atoms with Crippen LogP contribution in [0.4, 0.5) is 0 Å². The first-order chi connectivity index (χ1) is 9.20. The van der Waals surface area contributed by atoms with E-state index in [1.165, 1.54) is 0 Å². The first-order valence-corrected chi connectivity index (χ1v) is 6.15. The molecule has 1 aromatic carbocycles. The van der Waals surface area contributed by atoms with Crippen LogP contribution in [0.25, 0.3) is 0 Å². The molecule has 1 aliphatic rings. The molecule has 102 valence electrons. The zero-order valence-electron chi connectivity index (χ0n) is 10.5. The number of amides is 1. The van der Waals surface area contributed by atoms with Gasteiger partial charge in [0.2, 0.25) is 5.91 Å². The van der Waals surface area contributed by atoms with Crippen molar-refractivity contribution in [2.24, 2.45) is 16.8 Å². The van der Waals surface area contributed by atoms with Crippen LogP contribution < -0.4 is 15.8 Å². The Morgan fingerprint density at radius 2 is 2.32 bits per heavy atom. The minimum absolute atomic E-state index is 0.0692. The third kappa shape index (κ3) is 3.37. The molecule has 4 N–H and O–H groups in total. The lowest BCUT2D eigenvalue weighted by molar-refractivity contribution is -0.126. The zero-order valence-corrected chi connectivity index (χ0v) is 10.5. The van der Waals surface area contributed by atoms with Gasteiger partial charge in [0, 0.05) is 13.0 Å². The zero-order chi connectivity index (χ0) is 13.7. The van der Waals surface area contributed by atoms with Crippen LogP contribution in [0, 0.1) is 5.92 Å². The van der Waals surface area contributed by atoms with Gasteiger partial charge >= 0.3 is 0 Å². The van der Waals surface area contributed by atoms with Gasteiger partial charge in [0.05, 0.1) is 5.92 Å². The Labute approximate surface area is 111 Å². The molecule has 19 heavy (non-hydrogen) atoms. The lowest BCUT2D eigenvalue weighted by Crippen LogP contribution is -2.38. The summed E-state index contributed by atoms with van der Waals surface area (Å²) in [6, 6.07) is 7.71. The highest BCUT2D eigenvalue weighted by atomic mass is 16.5. The summed E-state index contributed by atoms with van der Waals surface area (Å²) >= 11 is 0. The van der Waals surface area contributed by atoms with E-state index in [2.05, 4.69) is 10.5 Å². The van der Waals surface area contributed by atoms with Gasteiger partial charge in [-0.15, -0.1) is 0 Å². The van der Waals surface area contributed by atoms with E-state index in [0.29, 0.717) is 26.0 Å². The largest absolute Gasteiger partial charge is 0.492 e. The average Bonchev–Trinajstić information content (AvgIpc) is 2.46. The number of nitrogens with zero attached hydrogens (tertiary/aromatic N) is 1. The number of hydrogen-bond acceptors (Lipinski definition) is 4. The predicted molar refractivity (Wildman–Crippen MR) is 70.2 cm³/mol. The summed E-state index contributed by atoms with van der Waals surface area (Å²) in [7, 11) is 0. The van der Waals surface area contributed by atoms with Gasteiger partial charge < -0.3 is 21.0 Å². The lowest BCUT2D eigenvalue weighted by Gasteiger charge is -2.24. The number of nitrogens with two attached hydrogens (primary N) is 1. The van der Waals surface area contributed by atoms with Gasteiger partial charge in [-0.25, -0.2) is 0 Å². The fraction of sp³-hybridized carbons (Fsp3) is 0.385. The molecule has 6 nitrogen and oxygen atoms in total. The second kappa shape index (κ2) is 6.08. The van der Waals surface area contributed by atoms with E-state index in [-0.39, 0.29) is 17.7 Å². The maximum absolute atomic E-state index is 11.9. The van der Waals surface area contributed by atoms with Crippen LogP contribution in [0.5, 0.6) is 5.75 Å². The summed E-state index contributed by atoms with van der Waals surface area (Å²) in [5.41, 5.74) is 6.37. The molecule has 0 fully saturated rings. The van der Waals surface area contributed by atoms with E-state index in [4.69, 9.17) is 15.7 Å². The van der Waals surface area contributed by atoms with E-state index in [9.17, 15) is 4.79 Å². The molecule has 0 bridgehead atoms. The molecule has 0 radical (unpaired) electrons. The summed E-state index contributed by atoms with van der Waals surface area (Å²) in [5.74, 6) is 0.691. The first kappa shape index (κ1) is 13.2. The number of hydrogen-bond donors (Lipinski definition) is 3. The molecule has 1 amide bonds. The second-order valence-corrected chi connectivity index (χ2v) is 4.45. The Kier molecular flexibility index (Phi) is 4.22. The Morgan fingerprint density at radius 3 is 3.11 bits per heavy atom. The Bertz CT molecular complexity index is 488. The number of nitrogens with one attached hydrogen (secondary N) is 1. The van der Waals surface area contributed by atoms with Crippen LogP contribution in [0.2, 0.25) is 0 Å². The Hall–Kier alpha value is -2.24. The maximum atomic E-state index is 11.9. The average molecular weight is 263 g/mol. The molecular formula is C13H17N3O3. The minimum Gasteiger partial charge on any atom is -0.492 e. The van der Waals surface area contributed by atoms with E-state index in [0.717, 1.165) is 11.3 Å². The molecule has 0 aromatic heterocycles. The normalized spacial score (nSPS) is 18.3. The molecule has 1 aliphatic heterocycles. The van der Waals surface area contributed by atoms with Gasteiger partial charge in [-0.2, -0.15) is 0 Å². The van der Waals surface area contributed by atoms with Crippen molar-refractivity contribution in [1.29, 1.82) is 0 Å². The Balaban J connectivity index is 1.85. The number of oxime groups is 1. The summed E-state index contributed by atoms with van der Waals surface area (Å²) < 4.78 is 5.56. The second-order valence-electron chi connectivity index (χ2n) is 4.45. The number of rotatable bonds is 4. The van der Waals surface area contributed by atoms with Crippen molar-refractivity contribution in [1.82, 2.24) is 5.32 Å². The summed E-state index contributed by atoms with van der Waals surface area (Å²) in [6.45, 7) is 0.735. The molecule has 0 saturated carbocycles. The van der Waals surface area contributed by atoms with Crippen molar-refractivity contribution in [2.75, 3.05) is 13.2 Å². The number of ether oxygens (including phenoxy) is 1. The van der Waals surface area contributed by atoms with Crippen LogP contribution in [0.1, 0.15) is 12.0 Å². The molecule has 1 atom stereocenters. The number of amidine groups is 1. The highest BCUT2D eigenvalue weighted by Crippen LogP contribution is 2.26. The van der Waals surface area contributed by atoms with E-state index in [1.807, 2.05) is 24.3 Å². The topological polar surface area (TPSA) is 96.9 Å². The van der Waals surface area contributed by atoms with Crippen molar-refractivity contribution >= 4 is 11.7 Å². The molecule has 1 heterocycles. The maximum Gasteiger partial charge on any atom is 0.226 e. The summed E-state index contributed by atoms with van der Waals surface area (Å²) in [4.78, 5) is 11.9. The fourth-order valence-corrected chi connectivity index (χ4v) is 2.00. The van der Waals surface area contributed by atoms with Gasteiger partial charge in [-0.1, -0.05) is 23.4 Å². The standard InChI is InChI=1S/C13H17N3O3/c14-12(16-18)5-6-15-13(17)10-7-9-3-1-2-4-11(9)19-8-10/h1-4,10,18H,5-8H2,(H2,14,16)(H,15,17). The predicted octanol–water partition coefficient (Wildman–Crippen LogP) is 0.490. The van der Waals surface area contributed by atoms with Crippen molar-refractivity contribution in [3.05, 3.63) is 29.8 Å². The number of benzene rings is 1. The molecule has 0 spiro atoms. The van der Waals surface area contributed by atoms with Gasteiger partial charge in [-0.3, -0.25) is 4.79 Å². The van der Waals surface area contributed by atoms with E-state index >= 15 is 0 Å². The van der Waals surface area contributed by atoms with Gasteiger partial charge in [-0.05, 0) is 18.1 Å². The highest BCUT2D eigenvalue weighted by Gasteiger charge is 2.25. The third-order valence-electron chi connectivity index (χ3n) is 3.06. The molecular weight excluding hydrogens is 246 g/mol. The van der Waals surface area contributed by atoms with Crippen LogP contribution in [-0.4, -0.2) is 30.1 Å². The minimum atomic E-state index is -0.192. The number of para-hydroxylation sites is 1. The fourth-order valence-electron chi connectivity index (χ4n) is 2.00. The van der Waals surface area contributed by atoms with Crippen LogP contribution in [-0.2, 0) is 11.2 Å². The van der Waals surface area contributed by atoms with E-state index in [1.54, 1.807) is 0 Å². The van der Waals surface area contributed by atoms with Crippen LogP contribution in [0.15, 0.2) is 29.4 Å². The summed E-state index contributed by atoms with van der Waals surface area (Å²) in [5, 5.41) is 14.0. The monoisotopic (exact) mass is 263 g/mol. The van der Waals surface area contributed by atoms with Gasteiger partial charge in [0.15, 0.2) is 0 Å². The smallest absolute Gasteiger partial charge is 0.226 e. The molecule has 6 heteroatoms. The van der Waals surface area contributed by atoms with Crippen molar-refractivity contribution in [3.8, 4) is 5.75 Å². The first-order valence-electron chi connectivity index (χ1n) is 6.15. The summed E-state index contributed by atoms with van der Waals surface area (Å²) in [6.07, 6.45) is 0.998. The highest BCUT2D eigenvalue weighted by molar-refractivity contribution is 5.82. The van der Waals surface area contributed by atoms with E-state index < -0.39 is 0 Å². The number of carbonyl (C=O) groups excluding carboxylic acids is 1. The SMILES string of the molecule is NC(CCNC(=O)C1COc2ccccc2C1)=NO.